The van der Waals surface area contributed by atoms with E-state index in [2.05, 4.69) is 15.9 Å². The van der Waals surface area contributed by atoms with E-state index < -0.39 is 10.0 Å². The Morgan fingerprint density at radius 1 is 0.947 bits per heavy atom. The molecule has 0 N–H and O–H groups in total. The molecule has 0 aliphatic carbocycles. The van der Waals surface area contributed by atoms with Crippen LogP contribution in [0, 0.1) is 0 Å². The first kappa shape index (κ1) is 13.6. The van der Waals surface area contributed by atoms with Crippen molar-refractivity contribution >= 4 is 26.0 Å². The van der Waals surface area contributed by atoms with Crippen LogP contribution in [0.4, 0.5) is 0 Å². The van der Waals surface area contributed by atoms with Crippen LogP contribution >= 0.6 is 15.9 Å². The van der Waals surface area contributed by atoms with Gasteiger partial charge >= 0.3 is 0 Å². The number of sulfonamides is 1. The molecular weight excluding hydrogens is 326 g/mol. The first-order chi connectivity index (χ1) is 9.09. The number of benzene rings is 1. The maximum atomic E-state index is 12.8. The van der Waals surface area contributed by atoms with Gasteiger partial charge in [-0.1, -0.05) is 28.8 Å². The molecule has 5 heteroatoms. The number of hydrogen-bond acceptors (Lipinski definition) is 2. The molecule has 1 aromatic carbocycles. The van der Waals surface area contributed by atoms with Gasteiger partial charge in [-0.15, -0.1) is 0 Å². The van der Waals surface area contributed by atoms with Crippen LogP contribution in [0.25, 0.3) is 0 Å². The molecule has 1 aromatic rings. The highest BCUT2D eigenvalue weighted by atomic mass is 79.9. The zero-order valence-corrected chi connectivity index (χ0v) is 13.2. The highest BCUT2D eigenvalue weighted by Gasteiger charge is 2.41. The Morgan fingerprint density at radius 2 is 1.42 bits per heavy atom. The van der Waals surface area contributed by atoms with Gasteiger partial charge in [0.1, 0.15) is 0 Å². The van der Waals surface area contributed by atoms with Gasteiger partial charge in [-0.3, -0.25) is 0 Å². The van der Waals surface area contributed by atoms with Crippen LogP contribution in [0.1, 0.15) is 38.5 Å². The third-order valence-electron chi connectivity index (χ3n) is 4.26. The molecule has 0 saturated carbocycles. The lowest BCUT2D eigenvalue weighted by Gasteiger charge is -2.44. The molecule has 0 amide bonds. The first-order valence-electron chi connectivity index (χ1n) is 6.88. The lowest BCUT2D eigenvalue weighted by molar-refractivity contribution is 0.124. The minimum atomic E-state index is -3.33. The fourth-order valence-electron chi connectivity index (χ4n) is 3.39. The second-order valence-electron chi connectivity index (χ2n) is 5.46. The maximum Gasteiger partial charge on any atom is 0.243 e. The average Bonchev–Trinajstić information content (AvgIpc) is 2.38. The van der Waals surface area contributed by atoms with E-state index in [9.17, 15) is 8.42 Å². The van der Waals surface area contributed by atoms with Crippen molar-refractivity contribution in [2.24, 2.45) is 0 Å². The van der Waals surface area contributed by atoms with Crippen LogP contribution in [0.3, 0.4) is 0 Å². The summed E-state index contributed by atoms with van der Waals surface area (Å²) in [6, 6.07) is 7.44. The number of hydrogen-bond donors (Lipinski definition) is 0. The van der Waals surface area contributed by atoms with Gasteiger partial charge in [-0.25, -0.2) is 8.42 Å². The molecule has 2 bridgehead atoms. The largest absolute Gasteiger partial charge is 0.243 e. The molecule has 0 aromatic heterocycles. The number of piperidine rings is 2. The van der Waals surface area contributed by atoms with Crippen molar-refractivity contribution in [2.75, 3.05) is 0 Å². The van der Waals surface area contributed by atoms with Crippen molar-refractivity contribution in [3.63, 3.8) is 0 Å². The van der Waals surface area contributed by atoms with Gasteiger partial charge in [-0.05, 0) is 49.9 Å². The van der Waals surface area contributed by atoms with Crippen LogP contribution in [0.5, 0.6) is 0 Å². The molecule has 3 rings (SSSR count). The second kappa shape index (κ2) is 5.19. The zero-order chi connectivity index (χ0) is 13.5. The lowest BCUT2D eigenvalue weighted by atomic mass is 9.87. The average molecular weight is 344 g/mol. The third kappa shape index (κ3) is 2.48. The van der Waals surface area contributed by atoms with Gasteiger partial charge in [0, 0.05) is 16.6 Å². The summed E-state index contributed by atoms with van der Waals surface area (Å²) < 4.78 is 28.4. The van der Waals surface area contributed by atoms with E-state index in [-0.39, 0.29) is 12.1 Å². The molecule has 19 heavy (non-hydrogen) atoms. The molecule has 3 nitrogen and oxygen atoms in total. The number of fused-ring (bicyclic) bond motifs is 2. The SMILES string of the molecule is O=S(=O)(c1ccc(Br)cc1)N1C2CCCC1CCC2. The summed E-state index contributed by atoms with van der Waals surface area (Å²) in [5.41, 5.74) is 0. The highest BCUT2D eigenvalue weighted by Crippen LogP contribution is 2.38. The first-order valence-corrected chi connectivity index (χ1v) is 9.11. The zero-order valence-electron chi connectivity index (χ0n) is 10.8. The van der Waals surface area contributed by atoms with Crippen LogP contribution in [-0.2, 0) is 10.0 Å². The van der Waals surface area contributed by atoms with Crippen molar-refractivity contribution in [1.29, 1.82) is 0 Å². The minimum absolute atomic E-state index is 0.223. The van der Waals surface area contributed by atoms with E-state index in [0.717, 1.165) is 30.2 Å². The van der Waals surface area contributed by atoms with Gasteiger partial charge in [0.25, 0.3) is 0 Å². The molecule has 2 saturated heterocycles. The summed E-state index contributed by atoms with van der Waals surface area (Å²) in [5, 5.41) is 0. The van der Waals surface area contributed by atoms with Gasteiger partial charge < -0.3 is 0 Å². The third-order valence-corrected chi connectivity index (χ3v) is 6.81. The molecule has 0 unspecified atom stereocenters. The molecule has 2 fully saturated rings. The smallest absolute Gasteiger partial charge is 0.207 e. The Hall–Kier alpha value is -0.390. The molecule has 0 radical (unpaired) electrons. The minimum Gasteiger partial charge on any atom is -0.207 e. The van der Waals surface area contributed by atoms with E-state index in [1.807, 2.05) is 4.31 Å². The van der Waals surface area contributed by atoms with E-state index in [1.165, 1.54) is 12.8 Å². The molecule has 2 aliphatic heterocycles. The van der Waals surface area contributed by atoms with Crippen molar-refractivity contribution < 1.29 is 8.42 Å². The second-order valence-corrected chi connectivity index (χ2v) is 8.22. The van der Waals surface area contributed by atoms with E-state index >= 15 is 0 Å². The van der Waals surface area contributed by atoms with E-state index in [0.29, 0.717) is 4.90 Å². The predicted octanol–water partition coefficient (Wildman–Crippen LogP) is 3.54. The summed E-state index contributed by atoms with van der Waals surface area (Å²) >= 11 is 3.35. The van der Waals surface area contributed by atoms with Crippen molar-refractivity contribution in [3.05, 3.63) is 28.7 Å². The summed E-state index contributed by atoms with van der Waals surface area (Å²) in [7, 11) is -3.33. The Bertz CT molecular complexity index is 533. The molecule has 0 atom stereocenters. The predicted molar refractivity (Wildman–Crippen MR) is 78.4 cm³/mol. The van der Waals surface area contributed by atoms with Gasteiger partial charge in [0.05, 0.1) is 4.90 Å². The summed E-state index contributed by atoms with van der Waals surface area (Å²) in [6.45, 7) is 0. The van der Waals surface area contributed by atoms with E-state index in [4.69, 9.17) is 0 Å². The van der Waals surface area contributed by atoms with Crippen LogP contribution in [0.2, 0.25) is 0 Å². The van der Waals surface area contributed by atoms with Gasteiger partial charge in [0.15, 0.2) is 0 Å². The lowest BCUT2D eigenvalue weighted by Crippen LogP contribution is -2.52. The monoisotopic (exact) mass is 343 g/mol. The fraction of sp³-hybridized carbons (Fsp3) is 0.571. The molecule has 2 aliphatic rings. The maximum absolute atomic E-state index is 12.8. The summed E-state index contributed by atoms with van der Waals surface area (Å²) in [5.74, 6) is 0. The Kier molecular flexibility index (Phi) is 3.71. The highest BCUT2D eigenvalue weighted by molar-refractivity contribution is 9.10. The van der Waals surface area contributed by atoms with Crippen molar-refractivity contribution in [3.8, 4) is 0 Å². The summed E-state index contributed by atoms with van der Waals surface area (Å²) in [6.07, 6.45) is 6.42. The van der Waals surface area contributed by atoms with Crippen molar-refractivity contribution in [1.82, 2.24) is 4.31 Å². The quantitative estimate of drug-likeness (QED) is 0.823. The van der Waals surface area contributed by atoms with Crippen LogP contribution in [0.15, 0.2) is 33.6 Å². The van der Waals surface area contributed by atoms with Gasteiger partial charge in [-0.2, -0.15) is 4.31 Å². The Labute approximate surface area is 123 Å². The fourth-order valence-corrected chi connectivity index (χ4v) is 5.59. The van der Waals surface area contributed by atoms with Crippen LogP contribution < -0.4 is 0 Å². The standard InChI is InChI=1S/C14H18BrNO2S/c15-11-7-9-14(10-8-11)19(17,18)16-12-3-1-4-13(16)6-2-5-12/h7-10,12-13H,1-6H2. The number of rotatable bonds is 2. The Balaban J connectivity index is 1.97. The molecule has 0 spiro atoms. The normalized spacial score (nSPS) is 28.3. The molecule has 2 heterocycles. The Morgan fingerprint density at radius 3 is 1.89 bits per heavy atom. The number of nitrogens with zero attached hydrogens (tertiary/aromatic N) is 1. The van der Waals surface area contributed by atoms with E-state index in [1.54, 1.807) is 24.3 Å². The molecular formula is C14H18BrNO2S. The van der Waals surface area contributed by atoms with Crippen molar-refractivity contribution in [2.45, 2.75) is 55.5 Å². The topological polar surface area (TPSA) is 37.4 Å². The molecule has 104 valence electrons. The van der Waals surface area contributed by atoms with Gasteiger partial charge in [0.2, 0.25) is 10.0 Å². The number of halogens is 1. The van der Waals surface area contributed by atoms with Crippen LogP contribution in [-0.4, -0.2) is 24.8 Å². The summed E-state index contributed by atoms with van der Waals surface area (Å²) in [4.78, 5) is 0.425.